The molecule has 1 N–H and O–H groups in total. The third-order valence-corrected chi connectivity index (χ3v) is 1.82. The molecule has 0 amide bonds. The second kappa shape index (κ2) is 4.48. The maximum absolute atomic E-state index is 12.4. The quantitative estimate of drug-likeness (QED) is 0.634. The predicted octanol–water partition coefficient (Wildman–Crippen LogP) is 1.50. The van der Waals surface area contributed by atoms with Crippen molar-refractivity contribution >= 4 is 11.7 Å². The Balaban J connectivity index is 3.69. The van der Waals surface area contributed by atoms with E-state index in [1.807, 2.05) is 0 Å². The molecule has 0 atom stereocenters. The number of hydrogen-bond donors (Lipinski definition) is 1. The molecule has 1 aromatic heterocycles. The molecule has 17 heavy (non-hydrogen) atoms. The molecule has 0 aliphatic rings. The first-order valence-corrected chi connectivity index (χ1v) is 3.99. The van der Waals surface area contributed by atoms with Crippen LogP contribution >= 0.6 is 0 Å². The van der Waals surface area contributed by atoms with Crippen LogP contribution in [0, 0.1) is 21.4 Å². The Morgan fingerprint density at radius 3 is 2.59 bits per heavy atom. The lowest BCUT2D eigenvalue weighted by molar-refractivity contribution is -0.385. The van der Waals surface area contributed by atoms with Crippen LogP contribution in [0.3, 0.4) is 0 Å². The van der Waals surface area contributed by atoms with Crippen LogP contribution < -0.4 is 0 Å². The van der Waals surface area contributed by atoms with Gasteiger partial charge in [0.1, 0.15) is 29.1 Å². The smallest absolute Gasteiger partial charge is 0.339 e. The second-order valence-electron chi connectivity index (χ2n) is 2.75. The zero-order chi connectivity index (χ0) is 13.2. The molecule has 1 heterocycles. The molecule has 7 nitrogen and oxygen atoms in total. The number of carbonyl (C=O) groups is 1. The van der Waals surface area contributed by atoms with Crippen LogP contribution in [0.25, 0.3) is 0 Å². The van der Waals surface area contributed by atoms with Crippen molar-refractivity contribution in [2.24, 2.45) is 0 Å². The lowest BCUT2D eigenvalue weighted by atomic mass is 10.1. The molecule has 0 aromatic carbocycles. The van der Waals surface area contributed by atoms with Crippen molar-refractivity contribution in [2.45, 2.75) is 6.43 Å². The number of aromatic carboxylic acids is 1. The molecule has 0 saturated heterocycles. The van der Waals surface area contributed by atoms with Gasteiger partial charge in [-0.15, -0.1) is 0 Å². The second-order valence-corrected chi connectivity index (χ2v) is 2.75. The van der Waals surface area contributed by atoms with E-state index in [-0.39, 0.29) is 0 Å². The van der Waals surface area contributed by atoms with E-state index < -0.39 is 39.8 Å². The highest BCUT2D eigenvalue weighted by Crippen LogP contribution is 2.28. The fraction of sp³-hybridized carbons (Fsp3) is 0.125. The normalized spacial score (nSPS) is 10.0. The number of nitriles is 1. The van der Waals surface area contributed by atoms with Gasteiger partial charge in [0.25, 0.3) is 6.43 Å². The number of nitrogens with zero attached hydrogens (tertiary/aromatic N) is 3. The fourth-order valence-corrected chi connectivity index (χ4v) is 1.15. The summed E-state index contributed by atoms with van der Waals surface area (Å²) in [5.41, 5.74) is -4.17. The van der Waals surface area contributed by atoms with Crippen molar-refractivity contribution in [1.82, 2.24) is 4.98 Å². The van der Waals surface area contributed by atoms with Crippen molar-refractivity contribution in [2.75, 3.05) is 0 Å². The minimum Gasteiger partial charge on any atom is -0.478 e. The molecule has 0 fully saturated rings. The number of rotatable bonds is 3. The van der Waals surface area contributed by atoms with Gasteiger partial charge in [0.05, 0.1) is 4.92 Å². The average Bonchev–Trinajstić information content (AvgIpc) is 2.26. The number of aromatic nitrogens is 1. The van der Waals surface area contributed by atoms with Crippen LogP contribution in [0.1, 0.15) is 28.0 Å². The number of alkyl halides is 2. The molecule has 0 spiro atoms. The minimum atomic E-state index is -3.24. The molecule has 9 heteroatoms. The fourth-order valence-electron chi connectivity index (χ4n) is 1.15. The number of carboxylic acids is 1. The lowest BCUT2D eigenvalue weighted by Gasteiger charge is -2.05. The van der Waals surface area contributed by atoms with E-state index in [0.29, 0.717) is 6.20 Å². The Morgan fingerprint density at radius 1 is 1.65 bits per heavy atom. The van der Waals surface area contributed by atoms with Crippen LogP contribution in [-0.2, 0) is 0 Å². The highest BCUT2D eigenvalue weighted by atomic mass is 19.3. The molecule has 88 valence electrons. The maximum atomic E-state index is 12.4. The standard InChI is InChI=1S/C8H3F2N3O4/c9-7(10)6-5(8(14)15)3(1-11)4(2-12-6)13(16)17/h2,7H,(H,14,15). The largest absolute Gasteiger partial charge is 0.478 e. The SMILES string of the molecule is N#Cc1c([N+](=O)[O-])cnc(C(F)F)c1C(=O)O. The van der Waals surface area contributed by atoms with E-state index in [1.165, 1.54) is 6.07 Å². The number of carboxylic acid groups (broad SMARTS) is 1. The Morgan fingerprint density at radius 2 is 2.24 bits per heavy atom. The topological polar surface area (TPSA) is 117 Å². The number of halogens is 2. The van der Waals surface area contributed by atoms with Crippen molar-refractivity contribution in [3.8, 4) is 6.07 Å². The van der Waals surface area contributed by atoms with Crippen molar-refractivity contribution in [3.05, 3.63) is 33.1 Å². The van der Waals surface area contributed by atoms with Gasteiger partial charge in [-0.05, 0) is 0 Å². The van der Waals surface area contributed by atoms with Crippen LogP contribution in [-0.4, -0.2) is 21.0 Å². The highest BCUT2D eigenvalue weighted by molar-refractivity contribution is 5.93. The summed E-state index contributed by atoms with van der Waals surface area (Å²) >= 11 is 0. The van der Waals surface area contributed by atoms with Gasteiger partial charge < -0.3 is 5.11 Å². The van der Waals surface area contributed by atoms with Crippen LogP contribution in [0.4, 0.5) is 14.5 Å². The van der Waals surface area contributed by atoms with E-state index in [2.05, 4.69) is 4.98 Å². The average molecular weight is 243 g/mol. The molecule has 0 radical (unpaired) electrons. The van der Waals surface area contributed by atoms with E-state index in [1.54, 1.807) is 0 Å². The first-order chi connectivity index (χ1) is 7.90. The van der Waals surface area contributed by atoms with Gasteiger partial charge in [-0.25, -0.2) is 18.6 Å². The lowest BCUT2D eigenvalue weighted by Crippen LogP contribution is -2.10. The Bertz CT molecular complexity index is 538. The first-order valence-electron chi connectivity index (χ1n) is 3.99. The summed E-state index contributed by atoms with van der Waals surface area (Å²) in [5.74, 6) is -1.87. The number of hydrogen-bond acceptors (Lipinski definition) is 5. The molecule has 1 aromatic rings. The zero-order valence-electron chi connectivity index (χ0n) is 7.92. The van der Waals surface area contributed by atoms with E-state index >= 15 is 0 Å². The van der Waals surface area contributed by atoms with Gasteiger partial charge >= 0.3 is 11.7 Å². The summed E-state index contributed by atoms with van der Waals surface area (Å²) in [6, 6.07) is 1.23. The van der Waals surface area contributed by atoms with E-state index in [4.69, 9.17) is 10.4 Å². The van der Waals surface area contributed by atoms with Gasteiger partial charge in [0.2, 0.25) is 0 Å². The van der Waals surface area contributed by atoms with Gasteiger partial charge in [-0.1, -0.05) is 0 Å². The third-order valence-electron chi connectivity index (χ3n) is 1.82. The summed E-state index contributed by atoms with van der Waals surface area (Å²) in [6.45, 7) is 0. The summed E-state index contributed by atoms with van der Waals surface area (Å²) in [6.07, 6.45) is -2.80. The van der Waals surface area contributed by atoms with Gasteiger partial charge in [-0.2, -0.15) is 5.26 Å². The third kappa shape index (κ3) is 2.15. The molecule has 0 unspecified atom stereocenters. The van der Waals surface area contributed by atoms with Gasteiger partial charge in [-0.3, -0.25) is 10.1 Å². The van der Waals surface area contributed by atoms with E-state index in [9.17, 15) is 23.7 Å². The van der Waals surface area contributed by atoms with Crippen LogP contribution in [0.15, 0.2) is 6.20 Å². The van der Waals surface area contributed by atoms with Crippen LogP contribution in [0.5, 0.6) is 0 Å². The molecular formula is C8H3F2N3O4. The first kappa shape index (κ1) is 12.4. The number of pyridine rings is 1. The number of nitro groups is 1. The monoisotopic (exact) mass is 243 g/mol. The maximum Gasteiger partial charge on any atom is 0.339 e. The zero-order valence-corrected chi connectivity index (χ0v) is 7.92. The molecule has 0 aliphatic heterocycles. The van der Waals surface area contributed by atoms with Crippen molar-refractivity contribution in [1.29, 1.82) is 5.26 Å². The summed E-state index contributed by atoms with van der Waals surface area (Å²) in [7, 11) is 0. The molecule has 0 bridgehead atoms. The Hall–Kier alpha value is -2.63. The molecule has 1 rings (SSSR count). The highest BCUT2D eigenvalue weighted by Gasteiger charge is 2.30. The molecule has 0 saturated carbocycles. The summed E-state index contributed by atoms with van der Waals surface area (Å²) < 4.78 is 24.9. The van der Waals surface area contributed by atoms with Crippen LogP contribution in [0.2, 0.25) is 0 Å². The Labute approximate surface area is 92.1 Å². The van der Waals surface area contributed by atoms with E-state index in [0.717, 1.165) is 0 Å². The van der Waals surface area contributed by atoms with Crippen molar-refractivity contribution < 1.29 is 23.6 Å². The van der Waals surface area contributed by atoms with Crippen molar-refractivity contribution in [3.63, 3.8) is 0 Å². The van der Waals surface area contributed by atoms with Gasteiger partial charge in [0.15, 0.2) is 0 Å². The summed E-state index contributed by atoms with van der Waals surface area (Å²) in [5, 5.41) is 27.8. The predicted molar refractivity (Wildman–Crippen MR) is 47.5 cm³/mol. The summed E-state index contributed by atoms with van der Waals surface area (Å²) in [4.78, 5) is 23.1. The Kier molecular flexibility index (Phi) is 3.28. The molecular weight excluding hydrogens is 240 g/mol. The minimum absolute atomic E-state index is 0.437. The van der Waals surface area contributed by atoms with Gasteiger partial charge in [0, 0.05) is 0 Å². The molecule has 0 aliphatic carbocycles.